The molecule has 2 aromatic rings. The van der Waals surface area contributed by atoms with Crippen LogP contribution in [0.15, 0.2) is 36.9 Å². The van der Waals surface area contributed by atoms with E-state index in [1.165, 1.54) is 12.4 Å². The van der Waals surface area contributed by atoms with Crippen LogP contribution < -0.4 is 10.6 Å². The van der Waals surface area contributed by atoms with Gasteiger partial charge in [0, 0.05) is 30.6 Å². The summed E-state index contributed by atoms with van der Waals surface area (Å²) in [6.07, 6.45) is 6.69. The quantitative estimate of drug-likeness (QED) is 0.571. The second-order valence-corrected chi connectivity index (χ2v) is 5.83. The SMILES string of the molecule is Cl.Cl.O=C(NCCC1CCNC1)c1ccc(-n2ccnc2)c([N+](=O)[O-])c1. The third-order valence-corrected chi connectivity index (χ3v) is 4.22. The van der Waals surface area contributed by atoms with Gasteiger partial charge in [-0.25, -0.2) is 4.98 Å². The number of nitro groups is 1. The Hall–Kier alpha value is -2.16. The summed E-state index contributed by atoms with van der Waals surface area (Å²) in [4.78, 5) is 26.9. The van der Waals surface area contributed by atoms with Gasteiger partial charge in [0.2, 0.25) is 0 Å². The molecule has 10 heteroatoms. The zero-order valence-corrected chi connectivity index (χ0v) is 15.6. The lowest BCUT2D eigenvalue weighted by molar-refractivity contribution is -0.384. The maximum absolute atomic E-state index is 12.2. The molecular weight excluding hydrogens is 381 g/mol. The summed E-state index contributed by atoms with van der Waals surface area (Å²) in [6.45, 7) is 2.59. The molecule has 1 amide bonds. The van der Waals surface area contributed by atoms with Crippen molar-refractivity contribution in [3.05, 3.63) is 52.6 Å². The molecule has 1 unspecified atom stereocenters. The minimum Gasteiger partial charge on any atom is -0.352 e. The highest BCUT2D eigenvalue weighted by atomic mass is 35.5. The van der Waals surface area contributed by atoms with Crippen molar-refractivity contribution < 1.29 is 9.72 Å². The van der Waals surface area contributed by atoms with E-state index in [-0.39, 0.29) is 42.0 Å². The van der Waals surface area contributed by atoms with Gasteiger partial charge in [-0.2, -0.15) is 0 Å². The van der Waals surface area contributed by atoms with Gasteiger partial charge in [0.15, 0.2) is 0 Å². The van der Waals surface area contributed by atoms with Gasteiger partial charge in [-0.05, 0) is 44.0 Å². The maximum Gasteiger partial charge on any atom is 0.294 e. The van der Waals surface area contributed by atoms with E-state index < -0.39 is 4.92 Å². The number of amides is 1. The number of carbonyl (C=O) groups is 1. The lowest BCUT2D eigenvalue weighted by atomic mass is 10.1. The lowest BCUT2D eigenvalue weighted by Crippen LogP contribution is -2.26. The summed E-state index contributed by atoms with van der Waals surface area (Å²) in [6, 6.07) is 4.46. The smallest absolute Gasteiger partial charge is 0.294 e. The van der Waals surface area contributed by atoms with Crippen LogP contribution in [0.4, 0.5) is 5.69 Å². The van der Waals surface area contributed by atoms with E-state index in [0.29, 0.717) is 18.2 Å². The molecular formula is C16H21Cl2N5O3. The topological polar surface area (TPSA) is 102 Å². The molecule has 1 saturated heterocycles. The Labute approximate surface area is 163 Å². The van der Waals surface area contributed by atoms with E-state index in [1.54, 1.807) is 29.1 Å². The molecule has 0 aliphatic carbocycles. The van der Waals surface area contributed by atoms with Crippen LogP contribution in [0.5, 0.6) is 0 Å². The summed E-state index contributed by atoms with van der Waals surface area (Å²) in [7, 11) is 0. The summed E-state index contributed by atoms with van der Waals surface area (Å²) >= 11 is 0. The number of rotatable bonds is 6. The average Bonchev–Trinajstić information content (AvgIpc) is 3.28. The fourth-order valence-corrected chi connectivity index (χ4v) is 2.88. The Kier molecular flexibility index (Phi) is 8.50. The van der Waals surface area contributed by atoms with Crippen LogP contribution in [0.25, 0.3) is 5.69 Å². The van der Waals surface area contributed by atoms with Crippen LogP contribution in [0.1, 0.15) is 23.2 Å². The predicted octanol–water partition coefficient (Wildman–Crippen LogP) is 2.35. The zero-order chi connectivity index (χ0) is 16.9. The molecule has 0 spiro atoms. The average molecular weight is 402 g/mol. The third kappa shape index (κ3) is 5.17. The highest BCUT2D eigenvalue weighted by Crippen LogP contribution is 2.24. The molecule has 0 radical (unpaired) electrons. The van der Waals surface area contributed by atoms with Gasteiger partial charge in [-0.1, -0.05) is 0 Å². The number of nitro benzene ring substituents is 1. The van der Waals surface area contributed by atoms with Crippen molar-refractivity contribution in [1.82, 2.24) is 20.2 Å². The van der Waals surface area contributed by atoms with Crippen molar-refractivity contribution in [3.8, 4) is 5.69 Å². The number of hydrogen-bond acceptors (Lipinski definition) is 5. The van der Waals surface area contributed by atoms with Gasteiger partial charge in [0.05, 0.1) is 11.3 Å². The summed E-state index contributed by atoms with van der Waals surface area (Å²) in [5, 5.41) is 17.4. The molecule has 8 nitrogen and oxygen atoms in total. The van der Waals surface area contributed by atoms with Crippen molar-refractivity contribution in [2.75, 3.05) is 19.6 Å². The number of halogens is 2. The second-order valence-electron chi connectivity index (χ2n) is 5.83. The molecule has 1 aromatic heterocycles. The largest absolute Gasteiger partial charge is 0.352 e. The molecule has 1 aliphatic heterocycles. The van der Waals surface area contributed by atoms with Crippen LogP contribution in [0, 0.1) is 16.0 Å². The second kappa shape index (κ2) is 10.1. The first-order valence-electron chi connectivity index (χ1n) is 7.91. The minimum atomic E-state index is -0.490. The molecule has 1 fully saturated rings. The number of hydrogen-bond donors (Lipinski definition) is 2. The van der Waals surface area contributed by atoms with Gasteiger partial charge in [0.1, 0.15) is 5.69 Å². The fraction of sp³-hybridized carbons (Fsp3) is 0.375. The van der Waals surface area contributed by atoms with E-state index in [1.807, 2.05) is 0 Å². The highest BCUT2D eigenvalue weighted by molar-refractivity contribution is 5.95. The highest BCUT2D eigenvalue weighted by Gasteiger charge is 2.19. The predicted molar refractivity (Wildman–Crippen MR) is 103 cm³/mol. The lowest BCUT2D eigenvalue weighted by Gasteiger charge is -2.10. The first-order valence-corrected chi connectivity index (χ1v) is 7.91. The minimum absolute atomic E-state index is 0. The molecule has 0 bridgehead atoms. The summed E-state index contributed by atoms with van der Waals surface area (Å²) in [5.41, 5.74) is 0.543. The molecule has 1 aromatic carbocycles. The first-order chi connectivity index (χ1) is 11.6. The maximum atomic E-state index is 12.2. The van der Waals surface area contributed by atoms with Crippen molar-refractivity contribution in [2.24, 2.45) is 5.92 Å². The van der Waals surface area contributed by atoms with E-state index in [2.05, 4.69) is 15.6 Å². The number of imidazole rings is 1. The third-order valence-electron chi connectivity index (χ3n) is 4.22. The van der Waals surface area contributed by atoms with E-state index >= 15 is 0 Å². The number of nitrogens with zero attached hydrogens (tertiary/aromatic N) is 3. The molecule has 2 N–H and O–H groups in total. The summed E-state index contributed by atoms with van der Waals surface area (Å²) in [5.74, 6) is 0.296. The van der Waals surface area contributed by atoms with Crippen LogP contribution in [-0.2, 0) is 0 Å². The fourth-order valence-electron chi connectivity index (χ4n) is 2.88. The summed E-state index contributed by atoms with van der Waals surface area (Å²) < 4.78 is 1.55. The molecule has 1 aliphatic rings. The number of carbonyl (C=O) groups excluding carboxylic acids is 1. The van der Waals surface area contributed by atoms with Crippen molar-refractivity contribution >= 4 is 36.4 Å². The molecule has 26 heavy (non-hydrogen) atoms. The standard InChI is InChI=1S/C16H19N5O3.2ClH/c22-16(19-6-4-12-3-5-17-10-12)13-1-2-14(15(9-13)21(23)24)20-8-7-18-11-20;;/h1-2,7-9,11-12,17H,3-6,10H2,(H,19,22);2*1H. The zero-order valence-electron chi connectivity index (χ0n) is 14.0. The van der Waals surface area contributed by atoms with Gasteiger partial charge in [-0.3, -0.25) is 14.9 Å². The van der Waals surface area contributed by atoms with Gasteiger partial charge < -0.3 is 15.2 Å². The number of benzene rings is 1. The first kappa shape index (κ1) is 21.9. The van der Waals surface area contributed by atoms with Crippen LogP contribution in [0.3, 0.4) is 0 Å². The van der Waals surface area contributed by atoms with E-state index in [0.717, 1.165) is 25.9 Å². The normalized spacial score (nSPS) is 15.6. The van der Waals surface area contributed by atoms with E-state index in [4.69, 9.17) is 0 Å². The van der Waals surface area contributed by atoms with Crippen LogP contribution >= 0.6 is 24.8 Å². The van der Waals surface area contributed by atoms with E-state index in [9.17, 15) is 14.9 Å². The van der Waals surface area contributed by atoms with Crippen molar-refractivity contribution in [3.63, 3.8) is 0 Å². The van der Waals surface area contributed by atoms with Crippen molar-refractivity contribution in [1.29, 1.82) is 0 Å². The monoisotopic (exact) mass is 401 g/mol. The Balaban J connectivity index is 0.00000169. The Bertz CT molecular complexity index is 733. The number of nitrogens with one attached hydrogen (secondary N) is 2. The molecule has 142 valence electrons. The molecule has 0 saturated carbocycles. The number of aromatic nitrogens is 2. The van der Waals surface area contributed by atoms with Crippen molar-refractivity contribution in [2.45, 2.75) is 12.8 Å². The Morgan fingerprint density at radius 1 is 1.42 bits per heavy atom. The Morgan fingerprint density at radius 3 is 2.85 bits per heavy atom. The van der Waals surface area contributed by atoms with Gasteiger partial charge in [0.25, 0.3) is 11.6 Å². The van der Waals surface area contributed by atoms with Gasteiger partial charge in [-0.15, -0.1) is 24.8 Å². The Morgan fingerprint density at radius 2 is 2.23 bits per heavy atom. The van der Waals surface area contributed by atoms with Gasteiger partial charge >= 0.3 is 0 Å². The van der Waals surface area contributed by atoms with Crippen LogP contribution in [0.2, 0.25) is 0 Å². The van der Waals surface area contributed by atoms with Crippen LogP contribution in [-0.4, -0.2) is 40.0 Å². The molecule has 2 heterocycles. The molecule has 3 rings (SSSR count). The molecule has 1 atom stereocenters.